The minimum atomic E-state index is -0.267. The molecule has 0 saturated carbocycles. The molecule has 1 amide bonds. The van der Waals surface area contributed by atoms with Crippen LogP contribution in [-0.2, 0) is 0 Å². The largest absolute Gasteiger partial charge is 0.496 e. The van der Waals surface area contributed by atoms with Gasteiger partial charge in [0.15, 0.2) is 0 Å². The van der Waals surface area contributed by atoms with Gasteiger partial charge in [-0.1, -0.05) is 17.7 Å². The Morgan fingerprint density at radius 2 is 2.15 bits per heavy atom. The molecule has 2 rings (SSSR count). The van der Waals surface area contributed by atoms with Crippen molar-refractivity contribution >= 4 is 34.5 Å². The van der Waals surface area contributed by atoms with Crippen molar-refractivity contribution in [2.45, 2.75) is 13.0 Å². The third-order valence-electron chi connectivity index (χ3n) is 2.87. The van der Waals surface area contributed by atoms with Crippen molar-refractivity contribution in [2.24, 2.45) is 0 Å². The maximum atomic E-state index is 12.3. The number of thiophene rings is 1. The third-order valence-corrected chi connectivity index (χ3v) is 4.29. The Balaban J connectivity index is 2.20. The van der Waals surface area contributed by atoms with Gasteiger partial charge in [-0.2, -0.15) is 0 Å². The first-order chi connectivity index (χ1) is 9.52. The monoisotopic (exact) mass is 310 g/mol. The van der Waals surface area contributed by atoms with E-state index in [1.807, 2.05) is 19.1 Å². The van der Waals surface area contributed by atoms with Crippen molar-refractivity contribution in [3.63, 3.8) is 0 Å². The van der Waals surface area contributed by atoms with Gasteiger partial charge >= 0.3 is 0 Å². The lowest BCUT2D eigenvalue weighted by molar-refractivity contribution is 0.0938. The summed E-state index contributed by atoms with van der Waals surface area (Å²) >= 11 is 7.33. The van der Waals surface area contributed by atoms with E-state index in [2.05, 4.69) is 5.32 Å². The van der Waals surface area contributed by atoms with Gasteiger partial charge in [0, 0.05) is 10.6 Å². The molecule has 0 bridgehead atoms. The topological polar surface area (TPSA) is 64.3 Å². The molecule has 3 N–H and O–H groups in total. The summed E-state index contributed by atoms with van der Waals surface area (Å²) in [6.45, 7) is 1.89. The zero-order chi connectivity index (χ0) is 14.7. The highest BCUT2D eigenvalue weighted by atomic mass is 35.5. The number of nitrogens with one attached hydrogen (secondary N) is 1. The molecule has 0 fully saturated rings. The standard InChI is InChI=1S/C14H15ClN2O2S/c1-8(11-6-7-12(15)20-11)17-14(18)13-9(16)4-3-5-10(13)19-2/h3-8H,16H2,1-2H3,(H,17,18). The number of nitrogen functional groups attached to an aromatic ring is 1. The molecule has 1 unspecified atom stereocenters. The summed E-state index contributed by atoms with van der Waals surface area (Å²) in [5, 5.41) is 2.89. The van der Waals surface area contributed by atoms with Gasteiger partial charge in [-0.15, -0.1) is 11.3 Å². The first-order valence-corrected chi connectivity index (χ1v) is 7.21. The van der Waals surface area contributed by atoms with Crippen LogP contribution >= 0.6 is 22.9 Å². The van der Waals surface area contributed by atoms with Gasteiger partial charge in [0.25, 0.3) is 5.91 Å². The molecule has 0 aliphatic carbocycles. The van der Waals surface area contributed by atoms with E-state index in [4.69, 9.17) is 22.1 Å². The molecular weight excluding hydrogens is 296 g/mol. The number of halogens is 1. The quantitative estimate of drug-likeness (QED) is 0.850. The Bertz CT molecular complexity index is 627. The Labute approximate surface area is 126 Å². The predicted molar refractivity (Wildman–Crippen MR) is 82.6 cm³/mol. The van der Waals surface area contributed by atoms with Gasteiger partial charge in [0.1, 0.15) is 11.3 Å². The van der Waals surface area contributed by atoms with Crippen LogP contribution in [0.1, 0.15) is 28.2 Å². The van der Waals surface area contributed by atoms with Crippen molar-refractivity contribution in [2.75, 3.05) is 12.8 Å². The fourth-order valence-corrected chi connectivity index (χ4v) is 2.93. The smallest absolute Gasteiger partial charge is 0.257 e. The molecule has 1 atom stereocenters. The van der Waals surface area contributed by atoms with Crippen LogP contribution in [0, 0.1) is 0 Å². The van der Waals surface area contributed by atoms with Crippen molar-refractivity contribution in [1.82, 2.24) is 5.32 Å². The molecule has 4 nitrogen and oxygen atoms in total. The number of hydrogen-bond donors (Lipinski definition) is 2. The summed E-state index contributed by atoms with van der Waals surface area (Å²) < 4.78 is 5.87. The van der Waals surface area contributed by atoms with Crippen LogP contribution in [0.5, 0.6) is 5.75 Å². The lowest BCUT2D eigenvalue weighted by Crippen LogP contribution is -2.27. The first kappa shape index (κ1) is 14.7. The van der Waals surface area contributed by atoms with Gasteiger partial charge in [-0.05, 0) is 31.2 Å². The van der Waals surface area contributed by atoms with E-state index in [0.29, 0.717) is 21.3 Å². The Hall–Kier alpha value is -1.72. The van der Waals surface area contributed by atoms with Crippen molar-refractivity contribution in [1.29, 1.82) is 0 Å². The fourth-order valence-electron chi connectivity index (χ4n) is 1.86. The molecular formula is C14H15ClN2O2S. The molecule has 2 aromatic rings. The molecule has 0 spiro atoms. The van der Waals surface area contributed by atoms with Gasteiger partial charge in [0.2, 0.25) is 0 Å². The van der Waals surface area contributed by atoms with Gasteiger partial charge in [-0.3, -0.25) is 4.79 Å². The molecule has 0 radical (unpaired) electrons. The molecule has 20 heavy (non-hydrogen) atoms. The van der Waals surface area contributed by atoms with Crippen LogP contribution in [0.2, 0.25) is 4.34 Å². The zero-order valence-electron chi connectivity index (χ0n) is 11.1. The second-order valence-corrected chi connectivity index (χ2v) is 6.01. The maximum absolute atomic E-state index is 12.3. The summed E-state index contributed by atoms with van der Waals surface area (Å²) in [5.41, 5.74) is 6.60. The minimum absolute atomic E-state index is 0.149. The molecule has 1 aromatic carbocycles. The highest BCUT2D eigenvalue weighted by Crippen LogP contribution is 2.28. The van der Waals surface area contributed by atoms with E-state index in [-0.39, 0.29) is 11.9 Å². The summed E-state index contributed by atoms with van der Waals surface area (Å²) in [7, 11) is 1.51. The molecule has 0 aliphatic heterocycles. The number of hydrogen-bond acceptors (Lipinski definition) is 4. The van der Waals surface area contributed by atoms with Crippen LogP contribution in [0.25, 0.3) is 0 Å². The Kier molecular flexibility index (Phi) is 4.52. The number of ether oxygens (including phenoxy) is 1. The SMILES string of the molecule is COc1cccc(N)c1C(=O)NC(C)c1ccc(Cl)s1. The molecule has 0 saturated heterocycles. The van der Waals surface area contributed by atoms with E-state index < -0.39 is 0 Å². The van der Waals surface area contributed by atoms with Crippen LogP contribution in [0.4, 0.5) is 5.69 Å². The van der Waals surface area contributed by atoms with Gasteiger partial charge < -0.3 is 15.8 Å². The number of amides is 1. The van der Waals surface area contributed by atoms with Gasteiger partial charge in [-0.25, -0.2) is 0 Å². The van der Waals surface area contributed by atoms with Crippen molar-refractivity contribution < 1.29 is 9.53 Å². The summed E-state index contributed by atoms with van der Waals surface area (Å²) in [5.74, 6) is 0.191. The summed E-state index contributed by atoms with van der Waals surface area (Å²) in [4.78, 5) is 13.3. The van der Waals surface area contributed by atoms with Crippen molar-refractivity contribution in [3.05, 3.63) is 45.1 Å². The molecule has 0 aliphatic rings. The molecule has 1 aromatic heterocycles. The third kappa shape index (κ3) is 3.05. The van der Waals surface area contributed by atoms with E-state index in [0.717, 1.165) is 4.88 Å². The minimum Gasteiger partial charge on any atom is -0.496 e. The molecule has 6 heteroatoms. The van der Waals surface area contributed by atoms with E-state index >= 15 is 0 Å². The second kappa shape index (κ2) is 6.15. The average molecular weight is 311 g/mol. The number of carbonyl (C=O) groups excluding carboxylic acids is 1. The number of benzene rings is 1. The lowest BCUT2D eigenvalue weighted by atomic mass is 10.1. The molecule has 1 heterocycles. The fraction of sp³-hybridized carbons (Fsp3) is 0.214. The Morgan fingerprint density at radius 3 is 2.75 bits per heavy atom. The Morgan fingerprint density at radius 1 is 1.40 bits per heavy atom. The highest BCUT2D eigenvalue weighted by Gasteiger charge is 2.18. The van der Waals surface area contributed by atoms with Gasteiger partial charge in [0.05, 0.1) is 17.5 Å². The lowest BCUT2D eigenvalue weighted by Gasteiger charge is -2.15. The molecule has 106 valence electrons. The predicted octanol–water partition coefficient (Wildman–Crippen LogP) is 3.48. The van der Waals surface area contributed by atoms with E-state index in [1.54, 1.807) is 18.2 Å². The number of methoxy groups -OCH3 is 1. The summed E-state index contributed by atoms with van der Waals surface area (Å²) in [6, 6.07) is 8.67. The first-order valence-electron chi connectivity index (χ1n) is 6.01. The number of carbonyl (C=O) groups is 1. The van der Waals surface area contributed by atoms with E-state index in [1.165, 1.54) is 18.4 Å². The highest BCUT2D eigenvalue weighted by molar-refractivity contribution is 7.16. The van der Waals surface area contributed by atoms with Crippen molar-refractivity contribution in [3.8, 4) is 5.75 Å². The van der Waals surface area contributed by atoms with E-state index in [9.17, 15) is 4.79 Å². The second-order valence-electron chi connectivity index (χ2n) is 4.26. The van der Waals surface area contributed by atoms with Crippen LogP contribution in [-0.4, -0.2) is 13.0 Å². The van der Waals surface area contributed by atoms with Crippen LogP contribution in [0.3, 0.4) is 0 Å². The zero-order valence-corrected chi connectivity index (χ0v) is 12.7. The summed E-state index contributed by atoms with van der Waals surface area (Å²) in [6.07, 6.45) is 0. The maximum Gasteiger partial charge on any atom is 0.257 e. The normalized spacial score (nSPS) is 11.9. The van der Waals surface area contributed by atoms with Crippen LogP contribution < -0.4 is 15.8 Å². The number of rotatable bonds is 4. The number of anilines is 1. The number of nitrogens with two attached hydrogens (primary N) is 1. The average Bonchev–Trinajstić information content (AvgIpc) is 2.84. The van der Waals surface area contributed by atoms with Crippen LogP contribution in [0.15, 0.2) is 30.3 Å².